The van der Waals surface area contributed by atoms with E-state index in [0.29, 0.717) is 16.5 Å². The summed E-state index contributed by atoms with van der Waals surface area (Å²) in [6.45, 7) is 6.83. The number of pyridine rings is 1. The number of nitriles is 1. The van der Waals surface area contributed by atoms with E-state index in [1.54, 1.807) is 11.3 Å². The van der Waals surface area contributed by atoms with Crippen molar-refractivity contribution >= 4 is 29.1 Å². The first-order valence-electron chi connectivity index (χ1n) is 9.04. The summed E-state index contributed by atoms with van der Waals surface area (Å²) in [6, 6.07) is 6.43. The number of rotatable bonds is 4. The van der Waals surface area contributed by atoms with Crippen LogP contribution >= 0.6 is 23.1 Å². The summed E-state index contributed by atoms with van der Waals surface area (Å²) in [5, 5.41) is 12.6. The van der Waals surface area contributed by atoms with Crippen LogP contribution in [0.15, 0.2) is 22.5 Å². The van der Waals surface area contributed by atoms with E-state index in [-0.39, 0.29) is 17.1 Å². The molecule has 0 bridgehead atoms. The first-order valence-corrected chi connectivity index (χ1v) is 10.9. The highest BCUT2D eigenvalue weighted by atomic mass is 32.2. The highest BCUT2D eigenvalue weighted by Crippen LogP contribution is 2.43. The lowest BCUT2D eigenvalue weighted by atomic mass is 9.71. The molecule has 1 aliphatic carbocycles. The number of esters is 1. The Labute approximate surface area is 169 Å². The van der Waals surface area contributed by atoms with Gasteiger partial charge in [-0.3, -0.25) is 4.79 Å². The number of methoxy groups -OCH3 is 1. The van der Waals surface area contributed by atoms with Crippen LogP contribution in [0.1, 0.15) is 44.0 Å². The maximum absolute atomic E-state index is 11.6. The molecule has 2 aromatic rings. The summed E-state index contributed by atoms with van der Waals surface area (Å²) in [6.07, 6.45) is 2.96. The van der Waals surface area contributed by atoms with Gasteiger partial charge >= 0.3 is 5.97 Å². The standard InChI is InChI=1S/C21H24N2O2S2/c1-21(2,3)13-7-8-14-16(10-13)23-20(27-12-18(24)25-4)15(11-22)19(14)17-6-5-9-26-17/h5-6,9,13H,7-8,10,12H2,1-4H3/t13-/m1/s1. The quantitative estimate of drug-likeness (QED) is 0.528. The molecule has 0 N–H and O–H groups in total. The maximum atomic E-state index is 11.6. The number of thiophene rings is 1. The van der Waals surface area contributed by atoms with Gasteiger partial charge in [-0.05, 0) is 47.6 Å². The molecular weight excluding hydrogens is 376 g/mol. The van der Waals surface area contributed by atoms with E-state index in [1.165, 1.54) is 24.4 Å². The number of hydrogen-bond acceptors (Lipinski definition) is 6. The Kier molecular flexibility index (Phi) is 5.92. The second-order valence-corrected chi connectivity index (χ2v) is 9.76. The Morgan fingerprint density at radius 1 is 1.48 bits per heavy atom. The molecule has 6 heteroatoms. The molecule has 3 rings (SSSR count). The molecule has 0 aromatic carbocycles. The Hall–Kier alpha value is -1.84. The lowest BCUT2D eigenvalue weighted by Gasteiger charge is -2.35. The van der Waals surface area contributed by atoms with E-state index in [1.807, 2.05) is 11.4 Å². The van der Waals surface area contributed by atoms with E-state index >= 15 is 0 Å². The van der Waals surface area contributed by atoms with Crippen LogP contribution in [0, 0.1) is 22.7 Å². The fourth-order valence-corrected chi connectivity index (χ4v) is 5.21. The summed E-state index contributed by atoms with van der Waals surface area (Å²) >= 11 is 2.94. The van der Waals surface area contributed by atoms with Crippen molar-refractivity contribution in [2.24, 2.45) is 11.3 Å². The average molecular weight is 401 g/mol. The molecule has 2 aromatic heterocycles. The van der Waals surface area contributed by atoms with Crippen LogP contribution in [-0.2, 0) is 22.4 Å². The molecule has 0 aliphatic heterocycles. The number of thioether (sulfide) groups is 1. The van der Waals surface area contributed by atoms with Crippen LogP contribution in [0.5, 0.6) is 0 Å². The molecule has 0 saturated heterocycles. The summed E-state index contributed by atoms with van der Waals surface area (Å²) < 4.78 is 4.75. The van der Waals surface area contributed by atoms with Gasteiger partial charge in [0.25, 0.3) is 0 Å². The second kappa shape index (κ2) is 8.04. The molecule has 0 unspecified atom stereocenters. The zero-order chi connectivity index (χ0) is 19.6. The van der Waals surface area contributed by atoms with Gasteiger partial charge in [0.1, 0.15) is 11.1 Å². The number of carbonyl (C=O) groups excluding carboxylic acids is 1. The summed E-state index contributed by atoms with van der Waals surface area (Å²) in [5.74, 6) is 0.400. The van der Waals surface area contributed by atoms with Gasteiger partial charge in [-0.15, -0.1) is 11.3 Å². The highest BCUT2D eigenvalue weighted by molar-refractivity contribution is 7.99. The van der Waals surface area contributed by atoms with Crippen molar-refractivity contribution in [1.82, 2.24) is 4.98 Å². The third kappa shape index (κ3) is 4.20. The van der Waals surface area contributed by atoms with Gasteiger partial charge in [-0.1, -0.05) is 38.6 Å². The van der Waals surface area contributed by atoms with Gasteiger partial charge in [0.2, 0.25) is 0 Å². The molecule has 0 fully saturated rings. The predicted molar refractivity (Wildman–Crippen MR) is 110 cm³/mol. The first-order chi connectivity index (χ1) is 12.8. The molecule has 27 heavy (non-hydrogen) atoms. The minimum atomic E-state index is -0.311. The van der Waals surface area contributed by atoms with E-state index in [2.05, 4.69) is 32.9 Å². The van der Waals surface area contributed by atoms with Gasteiger partial charge in [0, 0.05) is 16.1 Å². The zero-order valence-electron chi connectivity index (χ0n) is 16.2. The van der Waals surface area contributed by atoms with Gasteiger partial charge in [-0.2, -0.15) is 5.26 Å². The summed E-state index contributed by atoms with van der Waals surface area (Å²) in [4.78, 5) is 17.6. The largest absolute Gasteiger partial charge is 0.468 e. The number of ether oxygens (including phenoxy) is 1. The summed E-state index contributed by atoms with van der Waals surface area (Å²) in [7, 11) is 1.37. The smallest absolute Gasteiger partial charge is 0.316 e. The van der Waals surface area contributed by atoms with Crippen molar-refractivity contribution in [3.05, 3.63) is 34.3 Å². The number of aromatic nitrogens is 1. The lowest BCUT2D eigenvalue weighted by molar-refractivity contribution is -0.137. The number of nitrogens with zero attached hydrogens (tertiary/aromatic N) is 2. The van der Waals surface area contributed by atoms with Crippen LogP contribution in [0.2, 0.25) is 0 Å². The van der Waals surface area contributed by atoms with Crippen molar-refractivity contribution in [1.29, 1.82) is 5.26 Å². The average Bonchev–Trinajstić information content (AvgIpc) is 3.17. The van der Waals surface area contributed by atoms with Crippen molar-refractivity contribution in [2.45, 2.75) is 45.1 Å². The molecule has 0 spiro atoms. The molecular formula is C21H24N2O2S2. The van der Waals surface area contributed by atoms with Crippen molar-refractivity contribution in [2.75, 3.05) is 12.9 Å². The van der Waals surface area contributed by atoms with E-state index < -0.39 is 0 Å². The van der Waals surface area contributed by atoms with Gasteiger partial charge in [0.05, 0.1) is 18.4 Å². The van der Waals surface area contributed by atoms with Crippen LogP contribution in [0.4, 0.5) is 0 Å². The van der Waals surface area contributed by atoms with Crippen LogP contribution in [-0.4, -0.2) is 23.8 Å². The van der Waals surface area contributed by atoms with Gasteiger partial charge < -0.3 is 4.74 Å². The second-order valence-electron chi connectivity index (χ2n) is 7.85. The number of carbonyl (C=O) groups is 1. The van der Waals surface area contributed by atoms with Gasteiger partial charge in [-0.25, -0.2) is 4.98 Å². The molecule has 2 heterocycles. The highest BCUT2D eigenvalue weighted by Gasteiger charge is 2.32. The first kappa shape index (κ1) is 19.9. The SMILES string of the molecule is COC(=O)CSc1nc2c(c(-c3cccs3)c1C#N)CC[C@@H](C(C)(C)C)C2. The zero-order valence-corrected chi connectivity index (χ0v) is 17.8. The fourth-order valence-electron chi connectivity index (χ4n) is 3.57. The monoisotopic (exact) mass is 400 g/mol. The van der Waals surface area contributed by atoms with Crippen molar-refractivity contribution < 1.29 is 9.53 Å². The molecule has 142 valence electrons. The Bertz CT molecular complexity index is 877. The minimum absolute atomic E-state index is 0.156. The molecule has 1 atom stereocenters. The van der Waals surface area contributed by atoms with Gasteiger partial charge in [0.15, 0.2) is 0 Å². The Balaban J connectivity index is 2.11. The predicted octanol–water partition coefficient (Wildman–Crippen LogP) is 5.10. The van der Waals surface area contributed by atoms with Crippen LogP contribution < -0.4 is 0 Å². The third-order valence-corrected chi connectivity index (χ3v) is 7.03. The van der Waals surface area contributed by atoms with Crippen molar-refractivity contribution in [3.63, 3.8) is 0 Å². The Morgan fingerprint density at radius 3 is 2.85 bits per heavy atom. The van der Waals surface area contributed by atoms with Crippen LogP contribution in [0.3, 0.4) is 0 Å². The fraction of sp³-hybridized carbons (Fsp3) is 0.476. The number of fused-ring (bicyclic) bond motifs is 1. The van der Waals surface area contributed by atoms with Crippen LogP contribution in [0.25, 0.3) is 10.4 Å². The van der Waals surface area contributed by atoms with E-state index in [0.717, 1.165) is 35.4 Å². The molecule has 0 saturated carbocycles. The molecule has 0 radical (unpaired) electrons. The summed E-state index contributed by atoms with van der Waals surface area (Å²) in [5.41, 5.74) is 4.10. The lowest BCUT2D eigenvalue weighted by Crippen LogP contribution is -2.28. The Morgan fingerprint density at radius 2 is 2.26 bits per heavy atom. The minimum Gasteiger partial charge on any atom is -0.468 e. The third-order valence-electron chi connectivity index (χ3n) is 5.19. The molecule has 0 amide bonds. The van der Waals surface area contributed by atoms with E-state index in [9.17, 15) is 10.1 Å². The maximum Gasteiger partial charge on any atom is 0.316 e. The van der Waals surface area contributed by atoms with E-state index in [4.69, 9.17) is 9.72 Å². The topological polar surface area (TPSA) is 63.0 Å². The number of hydrogen-bond donors (Lipinski definition) is 0. The van der Waals surface area contributed by atoms with Crippen molar-refractivity contribution in [3.8, 4) is 16.5 Å². The normalized spacial score (nSPS) is 16.5. The molecule has 1 aliphatic rings. The molecule has 4 nitrogen and oxygen atoms in total.